The van der Waals surface area contributed by atoms with E-state index >= 15 is 0 Å². The number of aliphatic hydroxyl groups excluding tert-OH is 2. The molecule has 0 aromatic heterocycles. The molecule has 2 aliphatic rings. The van der Waals surface area contributed by atoms with E-state index in [4.69, 9.17) is 14.2 Å². The molecule has 2 N–H and O–H groups in total. The van der Waals surface area contributed by atoms with Gasteiger partial charge in [-0.25, -0.2) is 0 Å². The molecule has 5 heteroatoms. The van der Waals surface area contributed by atoms with E-state index < -0.39 is 18.5 Å². The van der Waals surface area contributed by atoms with Crippen molar-refractivity contribution in [3.63, 3.8) is 0 Å². The summed E-state index contributed by atoms with van der Waals surface area (Å²) >= 11 is 0. The quantitative estimate of drug-likeness (QED) is 0.720. The molecule has 2 saturated heterocycles. The lowest BCUT2D eigenvalue weighted by Crippen LogP contribution is -2.45. The van der Waals surface area contributed by atoms with Crippen molar-refractivity contribution >= 4 is 0 Å². The topological polar surface area (TPSA) is 68.2 Å². The molecule has 0 radical (unpaired) electrons. The van der Waals surface area contributed by atoms with Crippen molar-refractivity contribution in [1.82, 2.24) is 0 Å². The molecule has 16 heavy (non-hydrogen) atoms. The molecule has 0 spiro atoms. The maximum absolute atomic E-state index is 9.72. The van der Waals surface area contributed by atoms with Crippen LogP contribution in [0.3, 0.4) is 0 Å². The highest BCUT2D eigenvalue weighted by molar-refractivity contribution is 4.76. The fraction of sp³-hybridized carbons (Fsp3) is 1.00. The first kappa shape index (κ1) is 12.3. The maximum atomic E-state index is 9.72. The Balaban J connectivity index is 1.80. The van der Waals surface area contributed by atoms with E-state index in [2.05, 4.69) is 0 Å². The van der Waals surface area contributed by atoms with Gasteiger partial charge in [-0.3, -0.25) is 0 Å². The summed E-state index contributed by atoms with van der Waals surface area (Å²) in [6.45, 7) is 2.24. The second kappa shape index (κ2) is 5.42. The van der Waals surface area contributed by atoms with Crippen LogP contribution in [0.2, 0.25) is 0 Å². The van der Waals surface area contributed by atoms with Crippen LogP contribution in [-0.4, -0.2) is 47.7 Å². The Labute approximate surface area is 95.3 Å². The van der Waals surface area contributed by atoms with Gasteiger partial charge < -0.3 is 24.4 Å². The van der Waals surface area contributed by atoms with Gasteiger partial charge in [0.1, 0.15) is 6.10 Å². The van der Waals surface area contributed by atoms with E-state index in [0.717, 1.165) is 19.3 Å². The van der Waals surface area contributed by atoms with Gasteiger partial charge in [-0.15, -0.1) is 0 Å². The first-order valence-corrected chi connectivity index (χ1v) is 5.94. The molecule has 2 heterocycles. The minimum Gasteiger partial charge on any atom is -0.390 e. The summed E-state index contributed by atoms with van der Waals surface area (Å²) in [7, 11) is 0. The Morgan fingerprint density at radius 2 is 2.06 bits per heavy atom. The third kappa shape index (κ3) is 3.15. The normalized spacial score (nSPS) is 45.6. The smallest absolute Gasteiger partial charge is 0.158 e. The zero-order valence-electron chi connectivity index (χ0n) is 9.54. The Bertz CT molecular complexity index is 222. The molecular weight excluding hydrogens is 212 g/mol. The van der Waals surface area contributed by atoms with Crippen LogP contribution in [-0.2, 0) is 14.2 Å². The minimum absolute atomic E-state index is 0.201. The van der Waals surface area contributed by atoms with Gasteiger partial charge in [-0.2, -0.15) is 0 Å². The Morgan fingerprint density at radius 3 is 2.75 bits per heavy atom. The van der Waals surface area contributed by atoms with Gasteiger partial charge in [0.25, 0.3) is 0 Å². The number of hydrogen-bond acceptors (Lipinski definition) is 5. The van der Waals surface area contributed by atoms with E-state index in [0.29, 0.717) is 0 Å². The van der Waals surface area contributed by atoms with Crippen LogP contribution in [0.4, 0.5) is 0 Å². The zero-order chi connectivity index (χ0) is 11.5. The van der Waals surface area contributed by atoms with Crippen molar-refractivity contribution < 1.29 is 24.4 Å². The third-order valence-electron chi connectivity index (χ3n) is 3.09. The monoisotopic (exact) mass is 232 g/mol. The summed E-state index contributed by atoms with van der Waals surface area (Å²) in [5.41, 5.74) is 0. The van der Waals surface area contributed by atoms with Crippen molar-refractivity contribution in [1.29, 1.82) is 0 Å². The zero-order valence-corrected chi connectivity index (χ0v) is 9.54. The number of aliphatic hydroxyl groups is 2. The second-order valence-electron chi connectivity index (χ2n) is 4.57. The molecular formula is C11H20O5. The van der Waals surface area contributed by atoms with E-state index in [1.165, 1.54) is 0 Å². The van der Waals surface area contributed by atoms with E-state index in [9.17, 15) is 10.2 Å². The van der Waals surface area contributed by atoms with Crippen molar-refractivity contribution in [3.05, 3.63) is 0 Å². The highest BCUT2D eigenvalue weighted by Crippen LogP contribution is 2.23. The number of ether oxygens (including phenoxy) is 3. The standard InChI is InChI=1S/C11H20O5/c1-7-3-2-4-11(15-7)16-9-6-14-10(13)5-8(9)12/h7-13H,2-6H2,1H3. The van der Waals surface area contributed by atoms with Gasteiger partial charge in [0, 0.05) is 6.42 Å². The van der Waals surface area contributed by atoms with Crippen LogP contribution < -0.4 is 0 Å². The lowest BCUT2D eigenvalue weighted by molar-refractivity contribution is -0.268. The minimum atomic E-state index is -0.874. The third-order valence-corrected chi connectivity index (χ3v) is 3.09. The van der Waals surface area contributed by atoms with Crippen LogP contribution in [0.15, 0.2) is 0 Å². The first-order valence-electron chi connectivity index (χ1n) is 5.94. The Kier molecular flexibility index (Phi) is 4.16. The van der Waals surface area contributed by atoms with Crippen LogP contribution in [0.25, 0.3) is 0 Å². The van der Waals surface area contributed by atoms with Crippen LogP contribution >= 0.6 is 0 Å². The van der Waals surface area contributed by atoms with Gasteiger partial charge in [-0.05, 0) is 26.2 Å². The van der Waals surface area contributed by atoms with Crippen LogP contribution in [0.1, 0.15) is 32.6 Å². The Hall–Kier alpha value is -0.200. The molecule has 5 nitrogen and oxygen atoms in total. The van der Waals surface area contributed by atoms with Gasteiger partial charge in [-0.1, -0.05) is 0 Å². The summed E-state index contributed by atoms with van der Waals surface area (Å²) in [5, 5.41) is 18.9. The SMILES string of the molecule is CC1CCCC(OC2COC(O)CC2O)O1. The average Bonchev–Trinajstić information content (AvgIpc) is 2.22. The molecule has 94 valence electrons. The van der Waals surface area contributed by atoms with E-state index in [1.54, 1.807) is 0 Å². The summed E-state index contributed by atoms with van der Waals surface area (Å²) in [6.07, 6.45) is 1.22. The number of hydrogen-bond donors (Lipinski definition) is 2. The summed E-state index contributed by atoms with van der Waals surface area (Å²) in [6, 6.07) is 0. The molecule has 5 atom stereocenters. The molecule has 0 bridgehead atoms. The fourth-order valence-electron chi connectivity index (χ4n) is 2.14. The van der Waals surface area contributed by atoms with Gasteiger partial charge in [0.15, 0.2) is 12.6 Å². The molecule has 0 saturated carbocycles. The van der Waals surface area contributed by atoms with Crippen molar-refractivity contribution in [2.24, 2.45) is 0 Å². The van der Waals surface area contributed by atoms with Crippen LogP contribution in [0, 0.1) is 0 Å². The number of rotatable bonds is 2. The van der Waals surface area contributed by atoms with Crippen molar-refractivity contribution in [2.45, 2.75) is 63.5 Å². The molecule has 2 aliphatic heterocycles. The fourth-order valence-corrected chi connectivity index (χ4v) is 2.14. The highest BCUT2D eigenvalue weighted by Gasteiger charge is 2.32. The van der Waals surface area contributed by atoms with E-state index in [-0.39, 0.29) is 25.4 Å². The highest BCUT2D eigenvalue weighted by atomic mass is 16.7. The predicted octanol–water partition coefficient (Wildman–Crippen LogP) is 0.386. The van der Waals surface area contributed by atoms with Crippen molar-refractivity contribution in [3.8, 4) is 0 Å². The summed E-state index contributed by atoms with van der Waals surface area (Å²) in [5.74, 6) is 0. The Morgan fingerprint density at radius 1 is 1.25 bits per heavy atom. The van der Waals surface area contributed by atoms with E-state index in [1.807, 2.05) is 6.92 Å². The second-order valence-corrected chi connectivity index (χ2v) is 4.57. The largest absolute Gasteiger partial charge is 0.390 e. The predicted molar refractivity (Wildman–Crippen MR) is 55.6 cm³/mol. The average molecular weight is 232 g/mol. The van der Waals surface area contributed by atoms with Crippen molar-refractivity contribution in [2.75, 3.05) is 6.61 Å². The van der Waals surface area contributed by atoms with Gasteiger partial charge in [0.05, 0.1) is 18.8 Å². The molecule has 2 fully saturated rings. The molecule has 5 unspecified atom stereocenters. The summed E-state index contributed by atoms with van der Waals surface area (Å²) < 4.78 is 16.3. The van der Waals surface area contributed by atoms with Gasteiger partial charge in [0.2, 0.25) is 0 Å². The van der Waals surface area contributed by atoms with Gasteiger partial charge >= 0.3 is 0 Å². The molecule has 0 aromatic carbocycles. The lowest BCUT2D eigenvalue weighted by atomic mass is 10.1. The first-order chi connectivity index (χ1) is 7.65. The van der Waals surface area contributed by atoms with Crippen LogP contribution in [0.5, 0.6) is 0 Å². The molecule has 0 amide bonds. The molecule has 0 aliphatic carbocycles. The maximum Gasteiger partial charge on any atom is 0.158 e. The lowest BCUT2D eigenvalue weighted by Gasteiger charge is -2.35. The molecule has 0 aromatic rings. The summed E-state index contributed by atoms with van der Waals surface area (Å²) in [4.78, 5) is 0. The molecule has 2 rings (SSSR count).